The van der Waals surface area contributed by atoms with Crippen LogP contribution in [0.1, 0.15) is 23.7 Å². The Morgan fingerprint density at radius 1 is 1.03 bits per heavy atom. The minimum atomic E-state index is -0.217. The number of hydrogen-bond acceptors (Lipinski definition) is 4. The van der Waals surface area contributed by atoms with E-state index in [1.807, 2.05) is 12.1 Å². The summed E-state index contributed by atoms with van der Waals surface area (Å²) in [7, 11) is 0. The summed E-state index contributed by atoms with van der Waals surface area (Å²) in [6.45, 7) is 1.98. The Kier molecular flexibility index (Phi) is 4.62. The number of carbonyl (C=O) groups excluding carboxylic acids is 3. The highest BCUT2D eigenvalue weighted by molar-refractivity contribution is 9.10. The Hall–Kier alpha value is -2.73. The predicted octanol–water partition coefficient (Wildman–Crippen LogP) is 4.41. The van der Waals surface area contributed by atoms with Crippen molar-refractivity contribution in [3.8, 4) is 5.75 Å². The number of ether oxygens (including phenoxy) is 1. The molecule has 1 saturated carbocycles. The lowest BCUT2D eigenvalue weighted by Gasteiger charge is -2.19. The van der Waals surface area contributed by atoms with Gasteiger partial charge in [0.25, 0.3) is 0 Å². The number of benzene rings is 2. The maximum absolute atomic E-state index is 13.0. The largest absolute Gasteiger partial charge is 0.485 e. The van der Waals surface area contributed by atoms with Crippen LogP contribution in [0.15, 0.2) is 64.7 Å². The van der Waals surface area contributed by atoms with E-state index >= 15 is 0 Å². The molecule has 0 spiro atoms. The first-order chi connectivity index (χ1) is 14.4. The molecule has 1 aliphatic heterocycles. The summed E-state index contributed by atoms with van der Waals surface area (Å²) in [6, 6.07) is 13.9. The number of rotatable bonds is 5. The van der Waals surface area contributed by atoms with Crippen LogP contribution in [0.3, 0.4) is 0 Å². The number of carbonyl (C=O) groups is 3. The van der Waals surface area contributed by atoms with Gasteiger partial charge in [0.15, 0.2) is 12.4 Å². The quantitative estimate of drug-likeness (QED) is 0.372. The van der Waals surface area contributed by atoms with E-state index in [9.17, 15) is 14.4 Å². The molecule has 2 aromatic rings. The van der Waals surface area contributed by atoms with Crippen molar-refractivity contribution in [2.24, 2.45) is 23.7 Å². The van der Waals surface area contributed by atoms with Gasteiger partial charge in [0.05, 0.1) is 17.5 Å². The van der Waals surface area contributed by atoms with E-state index < -0.39 is 0 Å². The van der Waals surface area contributed by atoms with Crippen molar-refractivity contribution >= 4 is 39.2 Å². The highest BCUT2D eigenvalue weighted by atomic mass is 79.9. The van der Waals surface area contributed by atoms with Crippen LogP contribution in [0, 0.1) is 23.7 Å². The number of allylic oxidation sites excluding steroid dienone is 2. The number of halogens is 1. The van der Waals surface area contributed by atoms with E-state index in [2.05, 4.69) is 28.9 Å². The van der Waals surface area contributed by atoms with E-state index in [0.29, 0.717) is 17.0 Å². The molecule has 0 unspecified atom stereocenters. The maximum Gasteiger partial charge on any atom is 0.238 e. The summed E-state index contributed by atoms with van der Waals surface area (Å²) in [4.78, 5) is 39.6. The van der Waals surface area contributed by atoms with Crippen molar-refractivity contribution < 1.29 is 19.1 Å². The summed E-state index contributed by atoms with van der Waals surface area (Å²) in [5, 5.41) is 0. The molecule has 2 aliphatic carbocycles. The Morgan fingerprint density at radius 3 is 2.40 bits per heavy atom. The van der Waals surface area contributed by atoms with E-state index in [0.717, 1.165) is 10.9 Å². The average molecular weight is 466 g/mol. The van der Waals surface area contributed by atoms with Crippen molar-refractivity contribution in [3.05, 3.63) is 70.2 Å². The van der Waals surface area contributed by atoms with Gasteiger partial charge >= 0.3 is 0 Å². The molecule has 0 radical (unpaired) electrons. The monoisotopic (exact) mass is 465 g/mol. The van der Waals surface area contributed by atoms with Crippen molar-refractivity contribution in [3.63, 3.8) is 0 Å². The van der Waals surface area contributed by atoms with E-state index in [1.165, 1.54) is 10.5 Å². The molecular formula is C24H20BrNO4. The summed E-state index contributed by atoms with van der Waals surface area (Å²) in [5.41, 5.74) is 2.37. The number of ketones is 1. The second-order valence-electron chi connectivity index (χ2n) is 8.19. The van der Waals surface area contributed by atoms with Crippen LogP contribution in [-0.4, -0.2) is 24.2 Å². The normalized spacial score (nSPS) is 26.7. The molecule has 1 heterocycles. The topological polar surface area (TPSA) is 63.7 Å². The van der Waals surface area contributed by atoms with Crippen LogP contribution < -0.4 is 9.64 Å². The van der Waals surface area contributed by atoms with Crippen LogP contribution in [0.5, 0.6) is 5.75 Å². The fourth-order valence-corrected chi connectivity index (χ4v) is 5.35. The summed E-state index contributed by atoms with van der Waals surface area (Å²) >= 11 is 3.34. The Bertz CT molecular complexity index is 1070. The molecule has 6 heteroatoms. The number of fused-ring (bicyclic) bond motifs is 5. The van der Waals surface area contributed by atoms with Crippen molar-refractivity contribution in [1.82, 2.24) is 0 Å². The first kappa shape index (κ1) is 19.2. The zero-order valence-electron chi connectivity index (χ0n) is 16.4. The number of hydrogen-bond donors (Lipinski definition) is 0. The fourth-order valence-electron chi connectivity index (χ4n) is 5.09. The van der Waals surface area contributed by atoms with Gasteiger partial charge in [-0.1, -0.05) is 39.7 Å². The SMILES string of the molecule is CC1=C[C@H]2C[C@H]1[C@H]1C(=O)N(c3ccc(OCC(=O)c4ccc(Br)cc4)cc3)C(=O)[C@H]12. The number of imide groups is 1. The van der Waals surface area contributed by atoms with Gasteiger partial charge in [0.2, 0.25) is 11.8 Å². The van der Waals surface area contributed by atoms with Gasteiger partial charge in [-0.05, 0) is 61.6 Å². The van der Waals surface area contributed by atoms with Crippen molar-refractivity contribution in [2.75, 3.05) is 11.5 Å². The molecular weight excluding hydrogens is 446 g/mol. The minimum Gasteiger partial charge on any atom is -0.485 e. The second kappa shape index (κ2) is 7.20. The molecule has 5 rings (SSSR count). The molecule has 2 aromatic carbocycles. The molecule has 0 aromatic heterocycles. The third-order valence-electron chi connectivity index (χ3n) is 6.51. The minimum absolute atomic E-state index is 0.0823. The molecule has 2 fully saturated rings. The smallest absolute Gasteiger partial charge is 0.238 e. The fraction of sp³-hybridized carbons (Fsp3) is 0.292. The van der Waals surface area contributed by atoms with Gasteiger partial charge in [0.1, 0.15) is 5.75 Å². The van der Waals surface area contributed by atoms with Crippen LogP contribution in [0.25, 0.3) is 0 Å². The molecule has 4 atom stereocenters. The Morgan fingerprint density at radius 2 is 1.70 bits per heavy atom. The predicted molar refractivity (Wildman–Crippen MR) is 115 cm³/mol. The number of nitrogens with zero attached hydrogens (tertiary/aromatic N) is 1. The van der Waals surface area contributed by atoms with Crippen molar-refractivity contribution in [1.29, 1.82) is 0 Å². The molecule has 2 amide bonds. The van der Waals surface area contributed by atoms with Gasteiger partial charge in [-0.2, -0.15) is 0 Å². The summed E-state index contributed by atoms with van der Waals surface area (Å²) in [5.74, 6) is 0.160. The number of anilines is 1. The molecule has 152 valence electrons. The van der Waals surface area contributed by atoms with Gasteiger partial charge < -0.3 is 4.74 Å². The Balaban J connectivity index is 1.27. The number of Topliss-reactive ketones (excluding diaryl/α,β-unsaturated/α-hetero) is 1. The Labute approximate surface area is 182 Å². The molecule has 30 heavy (non-hydrogen) atoms. The lowest BCUT2D eigenvalue weighted by Crippen LogP contribution is -2.32. The zero-order valence-corrected chi connectivity index (χ0v) is 18.0. The standard InChI is InChI=1S/C24H20BrNO4/c1-13-10-15-11-19(13)22-21(15)23(28)26(24(22)29)17-6-8-18(9-7-17)30-12-20(27)14-2-4-16(25)5-3-14/h2-10,15,19,21-22H,11-12H2,1H3/t15-,19+,21-,22+/m0/s1. The van der Waals surface area contributed by atoms with E-state index in [1.54, 1.807) is 36.4 Å². The van der Waals surface area contributed by atoms with Crippen LogP contribution in [-0.2, 0) is 9.59 Å². The third kappa shape index (κ3) is 3.01. The lowest BCUT2D eigenvalue weighted by atomic mass is 9.82. The average Bonchev–Trinajstić information content (AvgIpc) is 3.38. The summed E-state index contributed by atoms with van der Waals surface area (Å²) < 4.78 is 6.51. The molecule has 5 nitrogen and oxygen atoms in total. The summed E-state index contributed by atoms with van der Waals surface area (Å²) in [6.07, 6.45) is 3.09. The third-order valence-corrected chi connectivity index (χ3v) is 7.04. The molecule has 2 bridgehead atoms. The maximum atomic E-state index is 13.0. The highest BCUT2D eigenvalue weighted by Gasteiger charge is 2.60. The van der Waals surface area contributed by atoms with Crippen LogP contribution in [0.4, 0.5) is 5.69 Å². The van der Waals surface area contributed by atoms with Gasteiger partial charge in [-0.15, -0.1) is 0 Å². The van der Waals surface area contributed by atoms with Crippen LogP contribution >= 0.6 is 15.9 Å². The first-order valence-corrected chi connectivity index (χ1v) is 10.8. The van der Waals surface area contributed by atoms with Gasteiger partial charge in [0, 0.05) is 10.0 Å². The van der Waals surface area contributed by atoms with E-state index in [4.69, 9.17) is 4.74 Å². The van der Waals surface area contributed by atoms with Gasteiger partial charge in [-0.3, -0.25) is 19.3 Å². The van der Waals surface area contributed by atoms with Gasteiger partial charge in [-0.25, -0.2) is 0 Å². The van der Waals surface area contributed by atoms with E-state index in [-0.39, 0.29) is 47.9 Å². The van der Waals surface area contributed by atoms with Crippen molar-refractivity contribution in [2.45, 2.75) is 13.3 Å². The number of amides is 2. The first-order valence-electron chi connectivity index (χ1n) is 10.0. The van der Waals surface area contributed by atoms with Crippen LogP contribution in [0.2, 0.25) is 0 Å². The second-order valence-corrected chi connectivity index (χ2v) is 9.11. The highest BCUT2D eigenvalue weighted by Crippen LogP contribution is 2.55. The lowest BCUT2D eigenvalue weighted by molar-refractivity contribution is -0.123. The molecule has 0 N–H and O–H groups in total. The zero-order chi connectivity index (χ0) is 21.0. The molecule has 1 saturated heterocycles. The molecule has 3 aliphatic rings.